The molecule has 3 heterocycles. The van der Waals surface area contributed by atoms with Crippen LogP contribution in [0.1, 0.15) is 5.56 Å². The van der Waals surface area contributed by atoms with Crippen LogP contribution >= 0.6 is 0 Å². The number of morpholine rings is 1. The maximum Gasteiger partial charge on any atom is 0.319 e. The molecule has 0 atom stereocenters. The molecule has 0 aromatic carbocycles. The van der Waals surface area contributed by atoms with Gasteiger partial charge in [-0.15, -0.1) is 0 Å². The summed E-state index contributed by atoms with van der Waals surface area (Å²) in [6.07, 6.45) is 5.08. The maximum atomic E-state index is 11.9. The molecular formula is C16H19N5O2. The third kappa shape index (κ3) is 4.40. The van der Waals surface area contributed by atoms with E-state index in [1.165, 1.54) is 0 Å². The number of pyridine rings is 2. The van der Waals surface area contributed by atoms with E-state index >= 15 is 0 Å². The van der Waals surface area contributed by atoms with Crippen molar-refractivity contribution in [1.82, 2.24) is 15.3 Å². The zero-order valence-electron chi connectivity index (χ0n) is 12.7. The van der Waals surface area contributed by atoms with Gasteiger partial charge in [-0.2, -0.15) is 0 Å². The molecule has 7 nitrogen and oxygen atoms in total. The predicted octanol–water partition coefficient (Wildman–Crippen LogP) is 1.63. The third-order valence-electron chi connectivity index (χ3n) is 3.52. The van der Waals surface area contributed by atoms with E-state index in [1.54, 1.807) is 18.6 Å². The average molecular weight is 313 g/mol. The Bertz CT molecular complexity index is 627. The zero-order valence-corrected chi connectivity index (χ0v) is 12.7. The van der Waals surface area contributed by atoms with Gasteiger partial charge in [-0.05, 0) is 23.8 Å². The quantitative estimate of drug-likeness (QED) is 0.897. The minimum atomic E-state index is -0.269. The summed E-state index contributed by atoms with van der Waals surface area (Å²) < 4.78 is 5.32. The van der Waals surface area contributed by atoms with Gasteiger partial charge in [0.2, 0.25) is 0 Å². The van der Waals surface area contributed by atoms with Crippen LogP contribution in [-0.2, 0) is 11.3 Å². The van der Waals surface area contributed by atoms with Crippen LogP contribution in [0.25, 0.3) is 0 Å². The number of hydrogen-bond acceptors (Lipinski definition) is 5. The molecule has 2 N–H and O–H groups in total. The first-order valence-electron chi connectivity index (χ1n) is 7.54. The lowest BCUT2D eigenvalue weighted by Gasteiger charge is -2.27. The number of carbonyl (C=O) groups is 1. The van der Waals surface area contributed by atoms with Crippen LogP contribution in [0.2, 0.25) is 0 Å². The first-order chi connectivity index (χ1) is 11.3. The number of amides is 2. The molecule has 2 amide bonds. The maximum absolute atomic E-state index is 11.9. The normalized spacial score (nSPS) is 14.3. The lowest BCUT2D eigenvalue weighted by atomic mass is 10.3. The minimum Gasteiger partial charge on any atom is -0.378 e. The number of rotatable bonds is 4. The van der Waals surface area contributed by atoms with Crippen LogP contribution in [0.4, 0.5) is 16.3 Å². The van der Waals surface area contributed by atoms with Gasteiger partial charge in [-0.1, -0.05) is 6.07 Å². The molecular weight excluding hydrogens is 294 g/mol. The summed E-state index contributed by atoms with van der Waals surface area (Å²) in [7, 11) is 0. The second-order valence-corrected chi connectivity index (χ2v) is 5.17. The molecule has 0 spiro atoms. The van der Waals surface area contributed by atoms with E-state index in [-0.39, 0.29) is 6.03 Å². The fourth-order valence-corrected chi connectivity index (χ4v) is 2.30. The molecule has 1 saturated heterocycles. The standard InChI is InChI=1S/C16H19N5O2/c22-16(19-11-13-2-1-5-17-10-13)20-14-3-4-15(18-12-14)21-6-8-23-9-7-21/h1-5,10,12H,6-9,11H2,(H2,19,20,22). The van der Waals surface area contributed by atoms with Crippen LogP contribution in [-0.4, -0.2) is 42.3 Å². The van der Waals surface area contributed by atoms with E-state index in [4.69, 9.17) is 4.74 Å². The number of ether oxygens (including phenoxy) is 1. The minimum absolute atomic E-state index is 0.269. The van der Waals surface area contributed by atoms with E-state index < -0.39 is 0 Å². The van der Waals surface area contributed by atoms with Crippen molar-refractivity contribution in [3.63, 3.8) is 0 Å². The number of hydrogen-bond donors (Lipinski definition) is 2. The lowest BCUT2D eigenvalue weighted by molar-refractivity contribution is 0.122. The topological polar surface area (TPSA) is 79.4 Å². The molecule has 0 bridgehead atoms. The molecule has 3 rings (SSSR count). The molecule has 7 heteroatoms. The monoisotopic (exact) mass is 313 g/mol. The second-order valence-electron chi connectivity index (χ2n) is 5.17. The Morgan fingerprint density at radius 3 is 2.78 bits per heavy atom. The zero-order chi connectivity index (χ0) is 15.9. The summed E-state index contributed by atoms with van der Waals surface area (Å²) in [4.78, 5) is 22.4. The summed E-state index contributed by atoms with van der Waals surface area (Å²) >= 11 is 0. The Morgan fingerprint density at radius 1 is 1.22 bits per heavy atom. The smallest absolute Gasteiger partial charge is 0.319 e. The number of nitrogens with one attached hydrogen (secondary N) is 2. The highest BCUT2D eigenvalue weighted by atomic mass is 16.5. The number of carbonyl (C=O) groups excluding carboxylic acids is 1. The fraction of sp³-hybridized carbons (Fsp3) is 0.312. The van der Waals surface area contributed by atoms with Crippen molar-refractivity contribution >= 4 is 17.5 Å². The van der Waals surface area contributed by atoms with Crippen LogP contribution in [0, 0.1) is 0 Å². The summed E-state index contributed by atoms with van der Waals surface area (Å²) in [5, 5.41) is 5.55. The summed E-state index contributed by atoms with van der Waals surface area (Å²) in [6.45, 7) is 3.55. The van der Waals surface area contributed by atoms with Gasteiger partial charge in [0.15, 0.2) is 0 Å². The highest BCUT2D eigenvalue weighted by Crippen LogP contribution is 2.15. The fourth-order valence-electron chi connectivity index (χ4n) is 2.30. The SMILES string of the molecule is O=C(NCc1cccnc1)Nc1ccc(N2CCOCC2)nc1. The van der Waals surface area contributed by atoms with Gasteiger partial charge in [0, 0.05) is 32.0 Å². The number of urea groups is 1. The molecule has 1 aliphatic rings. The van der Waals surface area contributed by atoms with Gasteiger partial charge in [0.1, 0.15) is 5.82 Å². The third-order valence-corrected chi connectivity index (χ3v) is 3.52. The van der Waals surface area contributed by atoms with Crippen LogP contribution < -0.4 is 15.5 Å². The van der Waals surface area contributed by atoms with E-state index in [1.807, 2.05) is 24.3 Å². The highest BCUT2D eigenvalue weighted by Gasteiger charge is 2.12. The molecule has 1 aliphatic heterocycles. The molecule has 1 fully saturated rings. The number of aromatic nitrogens is 2. The first kappa shape index (κ1) is 15.2. The van der Waals surface area contributed by atoms with Crippen molar-refractivity contribution in [3.8, 4) is 0 Å². The van der Waals surface area contributed by atoms with Crippen molar-refractivity contribution in [1.29, 1.82) is 0 Å². The Morgan fingerprint density at radius 2 is 2.09 bits per heavy atom. The number of nitrogens with zero attached hydrogens (tertiary/aromatic N) is 3. The van der Waals surface area contributed by atoms with Crippen molar-refractivity contribution in [2.75, 3.05) is 36.5 Å². The Labute approximate surface area is 134 Å². The van der Waals surface area contributed by atoms with Crippen molar-refractivity contribution in [3.05, 3.63) is 48.4 Å². The first-order valence-corrected chi connectivity index (χ1v) is 7.54. The van der Waals surface area contributed by atoms with Gasteiger partial charge < -0.3 is 20.3 Å². The Hall–Kier alpha value is -2.67. The van der Waals surface area contributed by atoms with E-state index in [9.17, 15) is 4.79 Å². The largest absolute Gasteiger partial charge is 0.378 e. The van der Waals surface area contributed by atoms with Crippen LogP contribution in [0.15, 0.2) is 42.9 Å². The Kier molecular flexibility index (Phi) is 5.00. The van der Waals surface area contributed by atoms with Gasteiger partial charge in [0.05, 0.1) is 25.1 Å². The van der Waals surface area contributed by atoms with E-state index in [0.29, 0.717) is 12.2 Å². The number of anilines is 2. The molecule has 2 aromatic heterocycles. The highest BCUT2D eigenvalue weighted by molar-refractivity contribution is 5.89. The van der Waals surface area contributed by atoms with Crippen molar-refractivity contribution in [2.45, 2.75) is 6.54 Å². The molecule has 0 radical (unpaired) electrons. The molecule has 0 aliphatic carbocycles. The molecule has 0 saturated carbocycles. The average Bonchev–Trinajstić information content (AvgIpc) is 2.62. The molecule has 120 valence electrons. The van der Waals surface area contributed by atoms with Crippen molar-refractivity contribution < 1.29 is 9.53 Å². The molecule has 2 aromatic rings. The van der Waals surface area contributed by atoms with Gasteiger partial charge in [-0.3, -0.25) is 4.98 Å². The van der Waals surface area contributed by atoms with Crippen LogP contribution in [0.3, 0.4) is 0 Å². The van der Waals surface area contributed by atoms with Crippen LogP contribution in [0.5, 0.6) is 0 Å². The van der Waals surface area contributed by atoms with E-state index in [0.717, 1.165) is 37.7 Å². The van der Waals surface area contributed by atoms with E-state index in [2.05, 4.69) is 25.5 Å². The molecule has 23 heavy (non-hydrogen) atoms. The lowest BCUT2D eigenvalue weighted by Crippen LogP contribution is -2.36. The van der Waals surface area contributed by atoms with Gasteiger partial charge in [0.25, 0.3) is 0 Å². The molecule has 0 unspecified atom stereocenters. The predicted molar refractivity (Wildman–Crippen MR) is 87.4 cm³/mol. The second kappa shape index (κ2) is 7.55. The van der Waals surface area contributed by atoms with Gasteiger partial charge in [-0.25, -0.2) is 9.78 Å². The van der Waals surface area contributed by atoms with Crippen molar-refractivity contribution in [2.24, 2.45) is 0 Å². The summed E-state index contributed by atoms with van der Waals surface area (Å²) in [5.74, 6) is 0.898. The summed E-state index contributed by atoms with van der Waals surface area (Å²) in [5.41, 5.74) is 1.61. The Balaban J connectivity index is 1.50. The summed E-state index contributed by atoms with van der Waals surface area (Å²) in [6, 6.07) is 7.23. The van der Waals surface area contributed by atoms with Gasteiger partial charge >= 0.3 is 6.03 Å².